The van der Waals surface area contributed by atoms with Crippen LogP contribution >= 0.6 is 11.6 Å². The standard InChI is InChI=1S/C21H21ClFN3O5S/c1-14(27)25-10-12-26(13-11-25)21(29)20(24-19(28)15-2-4-16(22)5-3-15)32(30,31)18-8-6-17(23)7-9-18/h2-9,20H,10-13H2,1H3,(H,24,28)/t20-/m0/s1. The van der Waals surface area contributed by atoms with Crippen LogP contribution in [0.3, 0.4) is 0 Å². The summed E-state index contributed by atoms with van der Waals surface area (Å²) in [5.74, 6) is -2.41. The average Bonchev–Trinajstić information content (AvgIpc) is 2.77. The smallest absolute Gasteiger partial charge is 0.261 e. The third kappa shape index (κ3) is 5.25. The molecule has 0 unspecified atom stereocenters. The van der Waals surface area contributed by atoms with Gasteiger partial charge in [0.25, 0.3) is 11.8 Å². The third-order valence-electron chi connectivity index (χ3n) is 5.08. The van der Waals surface area contributed by atoms with Gasteiger partial charge in [-0.15, -0.1) is 0 Å². The zero-order valence-corrected chi connectivity index (χ0v) is 18.7. The zero-order chi connectivity index (χ0) is 23.5. The maximum Gasteiger partial charge on any atom is 0.261 e. The Labute approximate surface area is 189 Å². The van der Waals surface area contributed by atoms with E-state index >= 15 is 0 Å². The van der Waals surface area contributed by atoms with Crippen molar-refractivity contribution in [1.82, 2.24) is 15.1 Å². The predicted octanol–water partition coefficient (Wildman–Crippen LogP) is 1.70. The molecule has 0 radical (unpaired) electrons. The van der Waals surface area contributed by atoms with Crippen molar-refractivity contribution in [1.29, 1.82) is 0 Å². The van der Waals surface area contributed by atoms with Crippen molar-refractivity contribution in [2.24, 2.45) is 0 Å². The number of nitrogens with zero attached hydrogens (tertiary/aromatic N) is 2. The van der Waals surface area contributed by atoms with Crippen LogP contribution < -0.4 is 5.32 Å². The average molecular weight is 482 g/mol. The maximum absolute atomic E-state index is 13.3. The molecule has 3 amide bonds. The van der Waals surface area contributed by atoms with Crippen molar-refractivity contribution in [2.45, 2.75) is 17.2 Å². The Hall–Kier alpha value is -2.98. The molecule has 170 valence electrons. The van der Waals surface area contributed by atoms with Gasteiger partial charge in [0, 0.05) is 43.7 Å². The molecule has 2 aromatic carbocycles. The van der Waals surface area contributed by atoms with Crippen molar-refractivity contribution >= 4 is 39.2 Å². The molecule has 1 aliphatic rings. The van der Waals surface area contributed by atoms with Crippen LogP contribution in [0.25, 0.3) is 0 Å². The summed E-state index contributed by atoms with van der Waals surface area (Å²) in [6.07, 6.45) is 0. The summed E-state index contributed by atoms with van der Waals surface area (Å²) in [4.78, 5) is 40.0. The second-order valence-electron chi connectivity index (χ2n) is 7.19. The van der Waals surface area contributed by atoms with E-state index in [4.69, 9.17) is 11.6 Å². The van der Waals surface area contributed by atoms with Crippen LogP contribution in [0.15, 0.2) is 53.4 Å². The Kier molecular flexibility index (Phi) is 7.15. The lowest BCUT2D eigenvalue weighted by molar-refractivity contribution is -0.138. The van der Waals surface area contributed by atoms with E-state index in [1.165, 1.54) is 36.1 Å². The molecule has 1 atom stereocenters. The SMILES string of the molecule is CC(=O)N1CCN(C(=O)[C@@H](NC(=O)c2ccc(Cl)cc2)S(=O)(=O)c2ccc(F)cc2)CC1. The van der Waals surface area contributed by atoms with Crippen molar-refractivity contribution in [3.63, 3.8) is 0 Å². The van der Waals surface area contributed by atoms with E-state index in [0.717, 1.165) is 24.3 Å². The van der Waals surface area contributed by atoms with Crippen molar-refractivity contribution in [2.75, 3.05) is 26.2 Å². The third-order valence-corrected chi connectivity index (χ3v) is 7.20. The minimum absolute atomic E-state index is 0.114. The number of rotatable bonds is 5. The van der Waals surface area contributed by atoms with Gasteiger partial charge in [0.1, 0.15) is 5.82 Å². The minimum atomic E-state index is -4.40. The number of sulfone groups is 1. The molecule has 11 heteroatoms. The highest BCUT2D eigenvalue weighted by atomic mass is 35.5. The minimum Gasteiger partial charge on any atom is -0.339 e. The number of hydrogen-bond acceptors (Lipinski definition) is 5. The summed E-state index contributed by atoms with van der Waals surface area (Å²) in [5.41, 5.74) is 0.114. The largest absolute Gasteiger partial charge is 0.339 e. The van der Waals surface area contributed by atoms with Crippen LogP contribution in [-0.4, -0.2) is 67.5 Å². The Bertz CT molecular complexity index is 1120. The van der Waals surface area contributed by atoms with Crippen molar-refractivity contribution < 1.29 is 27.2 Å². The number of amides is 3. The molecule has 1 N–H and O–H groups in total. The fourth-order valence-electron chi connectivity index (χ4n) is 3.24. The highest BCUT2D eigenvalue weighted by Crippen LogP contribution is 2.19. The van der Waals surface area contributed by atoms with Gasteiger partial charge < -0.3 is 15.1 Å². The van der Waals surface area contributed by atoms with Crippen LogP contribution in [0.2, 0.25) is 5.02 Å². The monoisotopic (exact) mass is 481 g/mol. The van der Waals surface area contributed by atoms with E-state index in [1.807, 2.05) is 0 Å². The molecule has 0 bridgehead atoms. The van der Waals surface area contributed by atoms with Gasteiger partial charge in [-0.25, -0.2) is 12.8 Å². The number of nitrogens with one attached hydrogen (secondary N) is 1. The number of carbonyl (C=O) groups is 3. The topological polar surface area (TPSA) is 104 Å². The summed E-state index contributed by atoms with van der Waals surface area (Å²) in [7, 11) is -4.40. The summed E-state index contributed by atoms with van der Waals surface area (Å²) >= 11 is 5.83. The number of hydrogen-bond donors (Lipinski definition) is 1. The Morgan fingerprint density at radius 2 is 1.47 bits per heavy atom. The highest BCUT2D eigenvalue weighted by molar-refractivity contribution is 7.92. The first-order valence-corrected chi connectivity index (χ1v) is 11.6. The number of benzene rings is 2. The number of carbonyl (C=O) groups excluding carboxylic acids is 3. The lowest BCUT2D eigenvalue weighted by Crippen LogP contribution is -2.57. The first-order valence-electron chi connectivity index (χ1n) is 9.70. The molecule has 8 nitrogen and oxygen atoms in total. The summed E-state index contributed by atoms with van der Waals surface area (Å²) < 4.78 is 39.8. The van der Waals surface area contributed by atoms with Crippen LogP contribution in [0.5, 0.6) is 0 Å². The molecule has 3 rings (SSSR count). The number of piperazine rings is 1. The maximum atomic E-state index is 13.3. The van der Waals surface area contributed by atoms with Crippen LogP contribution in [0.4, 0.5) is 4.39 Å². The second kappa shape index (κ2) is 9.66. The zero-order valence-electron chi connectivity index (χ0n) is 17.1. The number of halogens is 2. The van der Waals surface area contributed by atoms with Crippen LogP contribution in [0, 0.1) is 5.82 Å². The lowest BCUT2D eigenvalue weighted by atomic mass is 10.2. The first kappa shape index (κ1) is 23.7. The molecule has 2 aromatic rings. The Morgan fingerprint density at radius 1 is 0.938 bits per heavy atom. The van der Waals surface area contributed by atoms with E-state index in [0.29, 0.717) is 5.02 Å². The molecule has 0 aromatic heterocycles. The lowest BCUT2D eigenvalue weighted by Gasteiger charge is -2.36. The fraction of sp³-hybridized carbons (Fsp3) is 0.286. The van der Waals surface area contributed by atoms with Crippen LogP contribution in [0.1, 0.15) is 17.3 Å². The van der Waals surface area contributed by atoms with Gasteiger partial charge >= 0.3 is 0 Å². The first-order chi connectivity index (χ1) is 15.1. The summed E-state index contributed by atoms with van der Waals surface area (Å²) in [5, 5.41) is 0.757. The van der Waals surface area contributed by atoms with E-state index in [9.17, 15) is 27.2 Å². The molecular formula is C21H21ClFN3O5S. The Balaban J connectivity index is 1.90. The van der Waals surface area contributed by atoms with Gasteiger partial charge in [-0.1, -0.05) is 11.6 Å². The second-order valence-corrected chi connectivity index (χ2v) is 9.66. The van der Waals surface area contributed by atoms with Gasteiger partial charge in [0.05, 0.1) is 4.90 Å². The molecular weight excluding hydrogens is 461 g/mol. The molecule has 32 heavy (non-hydrogen) atoms. The van der Waals surface area contributed by atoms with Crippen LogP contribution in [-0.2, 0) is 19.4 Å². The summed E-state index contributed by atoms with van der Waals surface area (Å²) in [6.45, 7) is 2.13. The summed E-state index contributed by atoms with van der Waals surface area (Å²) in [6, 6.07) is 9.71. The van der Waals surface area contributed by atoms with Crippen molar-refractivity contribution in [3.05, 3.63) is 64.9 Å². The van der Waals surface area contributed by atoms with E-state index in [2.05, 4.69) is 5.32 Å². The normalized spacial score (nSPS) is 15.2. The van der Waals surface area contributed by atoms with Crippen molar-refractivity contribution in [3.8, 4) is 0 Å². The molecule has 1 saturated heterocycles. The van der Waals surface area contributed by atoms with Gasteiger partial charge in [0.2, 0.25) is 21.1 Å². The van der Waals surface area contributed by atoms with E-state index in [-0.39, 0.29) is 42.5 Å². The van der Waals surface area contributed by atoms with E-state index in [1.54, 1.807) is 4.90 Å². The van der Waals surface area contributed by atoms with Gasteiger partial charge in [-0.2, -0.15) is 0 Å². The highest BCUT2D eigenvalue weighted by Gasteiger charge is 2.39. The Morgan fingerprint density at radius 3 is 2.00 bits per heavy atom. The molecule has 0 aliphatic carbocycles. The van der Waals surface area contributed by atoms with Gasteiger partial charge in [0.15, 0.2) is 0 Å². The quantitative estimate of drug-likeness (QED) is 0.655. The molecule has 0 saturated carbocycles. The molecule has 1 heterocycles. The predicted molar refractivity (Wildman–Crippen MR) is 115 cm³/mol. The fourth-order valence-corrected chi connectivity index (χ4v) is 4.83. The van der Waals surface area contributed by atoms with E-state index < -0.39 is 32.8 Å². The van der Waals surface area contributed by atoms with Gasteiger partial charge in [-0.05, 0) is 48.5 Å². The molecule has 1 aliphatic heterocycles. The molecule has 1 fully saturated rings. The molecule has 0 spiro atoms. The van der Waals surface area contributed by atoms with Gasteiger partial charge in [-0.3, -0.25) is 14.4 Å².